The first-order chi connectivity index (χ1) is 13.4. The number of nitrogens with zero attached hydrogens (tertiary/aromatic N) is 4. The Morgan fingerprint density at radius 1 is 1.11 bits per heavy atom. The number of anilines is 1. The third kappa shape index (κ3) is 4.34. The van der Waals surface area contributed by atoms with Crippen LogP contribution in [0.2, 0.25) is 0 Å². The van der Waals surface area contributed by atoms with Crippen LogP contribution in [0.25, 0.3) is 22.8 Å². The highest BCUT2D eigenvalue weighted by atomic mass is 32.2. The first kappa shape index (κ1) is 19.9. The minimum Gasteiger partial charge on any atom is -0.402 e. The standard InChI is InChI=1S/C18H22N6O3S/c1-12(2)28(25,26)14-6-4-13(5-7-14)15-10-20-11-16(22-15)17-23-24-18(27-17)21-9-3-8-19/h4-7,10-12H,3,8-9,19H2,1-2H3,(H,21,24). The van der Waals surface area contributed by atoms with E-state index in [9.17, 15) is 8.42 Å². The molecule has 1 aromatic carbocycles. The molecule has 0 bridgehead atoms. The second-order valence-corrected chi connectivity index (χ2v) is 8.89. The van der Waals surface area contributed by atoms with Gasteiger partial charge < -0.3 is 15.5 Å². The van der Waals surface area contributed by atoms with Gasteiger partial charge in [-0.2, -0.15) is 0 Å². The number of nitrogens with two attached hydrogens (primary N) is 1. The highest BCUT2D eigenvalue weighted by molar-refractivity contribution is 7.92. The molecule has 0 amide bonds. The molecule has 10 heteroatoms. The van der Waals surface area contributed by atoms with E-state index in [1.54, 1.807) is 44.3 Å². The normalized spacial score (nSPS) is 11.7. The van der Waals surface area contributed by atoms with E-state index >= 15 is 0 Å². The van der Waals surface area contributed by atoms with Crippen LogP contribution in [0.4, 0.5) is 6.01 Å². The third-order valence-corrected chi connectivity index (χ3v) is 6.21. The number of aromatic nitrogens is 4. The first-order valence-corrected chi connectivity index (χ1v) is 10.4. The van der Waals surface area contributed by atoms with E-state index in [1.807, 2.05) is 0 Å². The molecule has 0 aliphatic rings. The minimum atomic E-state index is -3.32. The van der Waals surface area contributed by atoms with E-state index in [4.69, 9.17) is 10.2 Å². The molecular formula is C18H22N6O3S. The summed E-state index contributed by atoms with van der Waals surface area (Å²) in [7, 11) is -3.32. The van der Waals surface area contributed by atoms with Crippen molar-refractivity contribution >= 4 is 15.9 Å². The van der Waals surface area contributed by atoms with E-state index in [0.717, 1.165) is 12.0 Å². The van der Waals surface area contributed by atoms with Crippen molar-refractivity contribution in [3.05, 3.63) is 36.7 Å². The van der Waals surface area contributed by atoms with Gasteiger partial charge in [-0.3, -0.25) is 4.98 Å². The lowest BCUT2D eigenvalue weighted by Gasteiger charge is -2.08. The summed E-state index contributed by atoms with van der Waals surface area (Å²) < 4.78 is 30.0. The molecule has 3 aromatic rings. The van der Waals surface area contributed by atoms with Gasteiger partial charge in [0.25, 0.3) is 5.89 Å². The number of hydrogen-bond donors (Lipinski definition) is 2. The van der Waals surface area contributed by atoms with Gasteiger partial charge in [0.05, 0.1) is 28.2 Å². The largest absolute Gasteiger partial charge is 0.402 e. The van der Waals surface area contributed by atoms with E-state index in [2.05, 4.69) is 25.5 Å². The van der Waals surface area contributed by atoms with Crippen molar-refractivity contribution in [2.24, 2.45) is 5.73 Å². The Labute approximate surface area is 163 Å². The average Bonchev–Trinajstić information content (AvgIpc) is 3.17. The Bertz CT molecular complexity index is 1030. The summed E-state index contributed by atoms with van der Waals surface area (Å²) in [5, 5.41) is 10.4. The third-order valence-electron chi connectivity index (χ3n) is 4.04. The Morgan fingerprint density at radius 2 is 1.82 bits per heavy atom. The fourth-order valence-corrected chi connectivity index (χ4v) is 3.45. The predicted octanol–water partition coefficient (Wildman–Crippen LogP) is 2.14. The Balaban J connectivity index is 1.82. The summed E-state index contributed by atoms with van der Waals surface area (Å²) in [6.07, 6.45) is 3.90. The molecule has 0 unspecified atom stereocenters. The molecule has 28 heavy (non-hydrogen) atoms. The average molecular weight is 402 g/mol. The van der Waals surface area contributed by atoms with E-state index < -0.39 is 15.1 Å². The van der Waals surface area contributed by atoms with Crippen LogP contribution in [0.1, 0.15) is 20.3 Å². The van der Waals surface area contributed by atoms with Gasteiger partial charge in [-0.1, -0.05) is 17.2 Å². The van der Waals surface area contributed by atoms with Crippen LogP contribution in [-0.4, -0.2) is 46.9 Å². The van der Waals surface area contributed by atoms with E-state index in [0.29, 0.717) is 30.5 Å². The summed E-state index contributed by atoms with van der Waals surface area (Å²) in [5.74, 6) is 0.239. The second kappa shape index (κ2) is 8.44. The smallest absolute Gasteiger partial charge is 0.315 e. The zero-order valence-corrected chi connectivity index (χ0v) is 16.5. The lowest BCUT2D eigenvalue weighted by atomic mass is 10.1. The fourth-order valence-electron chi connectivity index (χ4n) is 2.39. The van der Waals surface area contributed by atoms with Crippen LogP contribution in [0.15, 0.2) is 46.0 Å². The van der Waals surface area contributed by atoms with Crippen molar-refractivity contribution in [3.8, 4) is 22.8 Å². The van der Waals surface area contributed by atoms with Crippen LogP contribution in [-0.2, 0) is 9.84 Å². The molecule has 0 spiro atoms. The summed E-state index contributed by atoms with van der Waals surface area (Å²) in [5.41, 5.74) is 7.18. The fraction of sp³-hybridized carbons (Fsp3) is 0.333. The highest BCUT2D eigenvalue weighted by Crippen LogP contribution is 2.24. The molecule has 0 saturated heterocycles. The maximum Gasteiger partial charge on any atom is 0.315 e. The van der Waals surface area contributed by atoms with Gasteiger partial charge in [-0.15, -0.1) is 5.10 Å². The number of nitrogens with one attached hydrogen (secondary N) is 1. The number of rotatable bonds is 8. The van der Waals surface area contributed by atoms with Crippen LogP contribution in [0.5, 0.6) is 0 Å². The van der Waals surface area contributed by atoms with Crippen molar-refractivity contribution in [1.82, 2.24) is 20.2 Å². The quantitative estimate of drug-likeness (QED) is 0.543. The summed E-state index contributed by atoms with van der Waals surface area (Å²) >= 11 is 0. The van der Waals surface area contributed by atoms with Gasteiger partial charge in [0.2, 0.25) is 0 Å². The predicted molar refractivity (Wildman–Crippen MR) is 105 cm³/mol. The highest BCUT2D eigenvalue weighted by Gasteiger charge is 2.19. The second-order valence-electron chi connectivity index (χ2n) is 6.39. The van der Waals surface area contributed by atoms with Gasteiger partial charge in [0.1, 0.15) is 5.69 Å². The molecule has 148 valence electrons. The minimum absolute atomic E-state index is 0.239. The van der Waals surface area contributed by atoms with Crippen molar-refractivity contribution in [1.29, 1.82) is 0 Å². The van der Waals surface area contributed by atoms with Gasteiger partial charge in [-0.05, 0) is 38.9 Å². The molecule has 0 saturated carbocycles. The lowest BCUT2D eigenvalue weighted by Crippen LogP contribution is -2.13. The van der Waals surface area contributed by atoms with E-state index in [-0.39, 0.29) is 10.8 Å². The summed E-state index contributed by atoms with van der Waals surface area (Å²) in [6, 6.07) is 6.85. The maximum atomic E-state index is 12.2. The molecule has 0 fully saturated rings. The molecule has 2 aromatic heterocycles. The van der Waals surface area contributed by atoms with Crippen molar-refractivity contribution in [3.63, 3.8) is 0 Å². The van der Waals surface area contributed by atoms with Crippen LogP contribution in [0.3, 0.4) is 0 Å². The van der Waals surface area contributed by atoms with E-state index in [1.165, 1.54) is 6.20 Å². The number of hydrogen-bond acceptors (Lipinski definition) is 9. The maximum absolute atomic E-state index is 12.2. The lowest BCUT2D eigenvalue weighted by molar-refractivity contribution is 0.577. The van der Waals surface area contributed by atoms with Crippen LogP contribution >= 0.6 is 0 Å². The van der Waals surface area contributed by atoms with Gasteiger partial charge >= 0.3 is 6.01 Å². The Kier molecular flexibility index (Phi) is 6.00. The monoisotopic (exact) mass is 402 g/mol. The molecular weight excluding hydrogens is 380 g/mol. The molecule has 2 heterocycles. The summed E-state index contributed by atoms with van der Waals surface area (Å²) in [4.78, 5) is 8.95. The van der Waals surface area contributed by atoms with Crippen LogP contribution in [0, 0.1) is 0 Å². The Hall–Kier alpha value is -2.85. The molecule has 3 rings (SSSR count). The molecule has 0 aliphatic carbocycles. The molecule has 0 aliphatic heterocycles. The van der Waals surface area contributed by atoms with Crippen LogP contribution < -0.4 is 11.1 Å². The molecule has 9 nitrogen and oxygen atoms in total. The zero-order valence-electron chi connectivity index (χ0n) is 15.7. The van der Waals surface area contributed by atoms with Gasteiger partial charge in [0.15, 0.2) is 9.84 Å². The van der Waals surface area contributed by atoms with Crippen molar-refractivity contribution < 1.29 is 12.8 Å². The molecule has 0 atom stereocenters. The summed E-state index contributed by atoms with van der Waals surface area (Å²) in [6.45, 7) is 4.51. The first-order valence-electron chi connectivity index (χ1n) is 8.86. The Morgan fingerprint density at radius 3 is 2.50 bits per heavy atom. The van der Waals surface area contributed by atoms with Gasteiger partial charge in [-0.25, -0.2) is 13.4 Å². The topological polar surface area (TPSA) is 137 Å². The zero-order chi connectivity index (χ0) is 20.1. The van der Waals surface area contributed by atoms with Crippen molar-refractivity contribution in [2.75, 3.05) is 18.4 Å². The van der Waals surface area contributed by atoms with Crippen molar-refractivity contribution in [2.45, 2.75) is 30.4 Å². The SMILES string of the molecule is CC(C)S(=O)(=O)c1ccc(-c2cncc(-c3nnc(NCCCN)o3)n2)cc1. The molecule has 0 radical (unpaired) electrons. The number of benzene rings is 1. The number of sulfone groups is 1. The van der Waals surface area contributed by atoms with Gasteiger partial charge in [0, 0.05) is 12.1 Å². The molecule has 3 N–H and O–H groups in total.